The van der Waals surface area contributed by atoms with Crippen LogP contribution in [-0.4, -0.2) is 10.2 Å². The highest BCUT2D eigenvalue weighted by molar-refractivity contribution is 6.30. The number of hydrogen-bond acceptors (Lipinski definition) is 4. The van der Waals surface area contributed by atoms with Gasteiger partial charge in [0.2, 0.25) is 11.8 Å². The van der Waals surface area contributed by atoms with E-state index in [1.54, 1.807) is 6.07 Å². The van der Waals surface area contributed by atoms with E-state index in [1.165, 1.54) is 0 Å². The zero-order valence-electron chi connectivity index (χ0n) is 11.5. The van der Waals surface area contributed by atoms with Crippen molar-refractivity contribution in [3.63, 3.8) is 0 Å². The molecule has 0 fully saturated rings. The standard InChI is InChI=1S/C16H14ClN3O/c1-10-7-12(9-13(17)8-10)15-19-20-16(21-15)14(18)11-5-3-2-4-6-11/h2-9,14H,18H2,1H3. The number of nitrogens with two attached hydrogens (primary N) is 1. The molecule has 1 unspecified atom stereocenters. The first-order valence-corrected chi connectivity index (χ1v) is 6.93. The maximum absolute atomic E-state index is 6.15. The first-order valence-electron chi connectivity index (χ1n) is 6.55. The van der Waals surface area contributed by atoms with Crippen molar-refractivity contribution in [1.82, 2.24) is 10.2 Å². The first-order chi connectivity index (χ1) is 10.1. The molecule has 106 valence electrons. The van der Waals surface area contributed by atoms with Gasteiger partial charge in [0.05, 0.1) is 0 Å². The number of benzene rings is 2. The van der Waals surface area contributed by atoms with Gasteiger partial charge in [0.15, 0.2) is 0 Å². The molecule has 0 aliphatic heterocycles. The molecule has 5 heteroatoms. The fourth-order valence-corrected chi connectivity index (χ4v) is 2.43. The van der Waals surface area contributed by atoms with Crippen LogP contribution in [0.25, 0.3) is 11.5 Å². The Bertz CT molecular complexity index is 735. The average Bonchev–Trinajstić information content (AvgIpc) is 2.96. The van der Waals surface area contributed by atoms with Crippen LogP contribution in [0.15, 0.2) is 52.9 Å². The number of rotatable bonds is 3. The topological polar surface area (TPSA) is 64.9 Å². The van der Waals surface area contributed by atoms with E-state index >= 15 is 0 Å². The smallest absolute Gasteiger partial charge is 0.247 e. The van der Waals surface area contributed by atoms with Crippen LogP contribution in [0.2, 0.25) is 5.02 Å². The van der Waals surface area contributed by atoms with Crippen LogP contribution in [0.3, 0.4) is 0 Å². The molecule has 1 heterocycles. The van der Waals surface area contributed by atoms with Crippen LogP contribution in [0, 0.1) is 6.92 Å². The molecule has 0 spiro atoms. The lowest BCUT2D eigenvalue weighted by Gasteiger charge is -2.06. The van der Waals surface area contributed by atoms with E-state index in [-0.39, 0.29) is 0 Å². The molecule has 0 bridgehead atoms. The fraction of sp³-hybridized carbons (Fsp3) is 0.125. The number of hydrogen-bond donors (Lipinski definition) is 1. The van der Waals surface area contributed by atoms with E-state index < -0.39 is 6.04 Å². The third-order valence-corrected chi connectivity index (χ3v) is 3.37. The lowest BCUT2D eigenvalue weighted by atomic mass is 10.1. The lowest BCUT2D eigenvalue weighted by Crippen LogP contribution is -2.11. The number of aryl methyl sites for hydroxylation is 1. The van der Waals surface area contributed by atoms with Gasteiger partial charge >= 0.3 is 0 Å². The maximum atomic E-state index is 6.15. The Morgan fingerprint density at radius 3 is 2.57 bits per heavy atom. The summed E-state index contributed by atoms with van der Waals surface area (Å²) in [6.07, 6.45) is 0. The summed E-state index contributed by atoms with van der Waals surface area (Å²) in [6, 6.07) is 14.8. The molecule has 0 saturated heterocycles. The van der Waals surface area contributed by atoms with E-state index in [4.69, 9.17) is 21.8 Å². The lowest BCUT2D eigenvalue weighted by molar-refractivity contribution is 0.484. The van der Waals surface area contributed by atoms with Crippen molar-refractivity contribution in [2.24, 2.45) is 5.73 Å². The van der Waals surface area contributed by atoms with Crippen molar-refractivity contribution in [3.05, 3.63) is 70.6 Å². The molecule has 0 amide bonds. The van der Waals surface area contributed by atoms with Crippen molar-refractivity contribution >= 4 is 11.6 Å². The van der Waals surface area contributed by atoms with Crippen LogP contribution in [-0.2, 0) is 0 Å². The van der Waals surface area contributed by atoms with Crippen LogP contribution < -0.4 is 5.73 Å². The van der Waals surface area contributed by atoms with Crippen LogP contribution in [0.5, 0.6) is 0 Å². The zero-order valence-corrected chi connectivity index (χ0v) is 12.2. The molecule has 1 atom stereocenters. The van der Waals surface area contributed by atoms with Gasteiger partial charge in [-0.1, -0.05) is 41.9 Å². The highest BCUT2D eigenvalue weighted by Crippen LogP contribution is 2.26. The summed E-state index contributed by atoms with van der Waals surface area (Å²) in [5.74, 6) is 0.802. The average molecular weight is 300 g/mol. The van der Waals surface area contributed by atoms with Gasteiger partial charge in [-0.3, -0.25) is 0 Å². The van der Waals surface area contributed by atoms with Crippen molar-refractivity contribution in [3.8, 4) is 11.5 Å². The van der Waals surface area contributed by atoms with Gasteiger partial charge in [0.25, 0.3) is 0 Å². The summed E-state index contributed by atoms with van der Waals surface area (Å²) in [7, 11) is 0. The van der Waals surface area contributed by atoms with E-state index in [0.717, 1.165) is 16.7 Å². The minimum Gasteiger partial charge on any atom is -0.419 e. The quantitative estimate of drug-likeness (QED) is 0.800. The van der Waals surface area contributed by atoms with E-state index in [0.29, 0.717) is 16.8 Å². The fourth-order valence-electron chi connectivity index (χ4n) is 2.14. The van der Waals surface area contributed by atoms with E-state index in [9.17, 15) is 0 Å². The zero-order chi connectivity index (χ0) is 14.8. The Hall–Kier alpha value is -2.17. The summed E-state index contributed by atoms with van der Waals surface area (Å²) in [6.45, 7) is 1.96. The predicted octanol–water partition coefficient (Wildman–Crippen LogP) is 3.75. The third kappa shape index (κ3) is 2.96. The molecule has 3 rings (SSSR count). The number of halogens is 1. The minimum atomic E-state index is -0.437. The van der Waals surface area contributed by atoms with E-state index in [1.807, 2.05) is 49.4 Å². The second kappa shape index (κ2) is 5.68. The van der Waals surface area contributed by atoms with Crippen molar-refractivity contribution in [2.75, 3.05) is 0 Å². The van der Waals surface area contributed by atoms with Crippen LogP contribution >= 0.6 is 11.6 Å². The Balaban J connectivity index is 1.93. The summed E-state index contributed by atoms with van der Waals surface area (Å²) in [5, 5.41) is 8.74. The molecule has 2 N–H and O–H groups in total. The Labute approximate surface area is 127 Å². The Morgan fingerprint density at radius 2 is 1.86 bits per heavy atom. The van der Waals surface area contributed by atoms with Crippen molar-refractivity contribution in [1.29, 1.82) is 0 Å². The second-order valence-corrected chi connectivity index (χ2v) is 5.29. The van der Waals surface area contributed by atoms with Gasteiger partial charge in [-0.25, -0.2) is 0 Å². The monoisotopic (exact) mass is 299 g/mol. The first kappa shape index (κ1) is 13.8. The van der Waals surface area contributed by atoms with Crippen LogP contribution in [0.1, 0.15) is 23.1 Å². The predicted molar refractivity (Wildman–Crippen MR) is 82.0 cm³/mol. The third-order valence-electron chi connectivity index (χ3n) is 3.15. The minimum absolute atomic E-state index is 0.383. The molecule has 1 aromatic heterocycles. The number of aromatic nitrogens is 2. The normalized spacial score (nSPS) is 12.3. The highest BCUT2D eigenvalue weighted by atomic mass is 35.5. The molecular weight excluding hydrogens is 286 g/mol. The molecule has 0 radical (unpaired) electrons. The molecule has 0 aliphatic rings. The van der Waals surface area contributed by atoms with Gasteiger partial charge in [-0.15, -0.1) is 10.2 Å². The van der Waals surface area contributed by atoms with Crippen LogP contribution in [0.4, 0.5) is 0 Å². The summed E-state index contributed by atoms with van der Waals surface area (Å²) in [4.78, 5) is 0. The van der Waals surface area contributed by atoms with Gasteiger partial charge in [0, 0.05) is 10.6 Å². The van der Waals surface area contributed by atoms with Gasteiger partial charge in [0.1, 0.15) is 6.04 Å². The molecule has 0 saturated carbocycles. The summed E-state index contributed by atoms with van der Waals surface area (Å²) < 4.78 is 5.69. The molecule has 3 aromatic rings. The summed E-state index contributed by atoms with van der Waals surface area (Å²) in [5.41, 5.74) is 8.89. The molecule has 2 aromatic carbocycles. The molecule has 21 heavy (non-hydrogen) atoms. The molecular formula is C16H14ClN3O. The molecule has 0 aliphatic carbocycles. The van der Waals surface area contributed by atoms with Crippen molar-refractivity contribution < 1.29 is 4.42 Å². The second-order valence-electron chi connectivity index (χ2n) is 4.85. The van der Waals surface area contributed by atoms with Crippen molar-refractivity contribution in [2.45, 2.75) is 13.0 Å². The summed E-state index contributed by atoms with van der Waals surface area (Å²) >= 11 is 6.05. The molecule has 4 nitrogen and oxygen atoms in total. The van der Waals surface area contributed by atoms with E-state index in [2.05, 4.69) is 10.2 Å². The Kier molecular flexibility index (Phi) is 3.73. The highest BCUT2D eigenvalue weighted by Gasteiger charge is 2.17. The number of nitrogens with zero attached hydrogens (tertiary/aromatic N) is 2. The van der Waals surface area contributed by atoms with Gasteiger partial charge in [-0.05, 0) is 36.2 Å². The SMILES string of the molecule is Cc1cc(Cl)cc(-c2nnc(C(N)c3ccccc3)o2)c1. The largest absolute Gasteiger partial charge is 0.419 e. The Morgan fingerprint density at radius 1 is 1.10 bits per heavy atom. The van der Waals surface area contributed by atoms with Gasteiger partial charge < -0.3 is 10.2 Å². The maximum Gasteiger partial charge on any atom is 0.247 e. The van der Waals surface area contributed by atoms with Gasteiger partial charge in [-0.2, -0.15) is 0 Å².